The smallest absolute Gasteiger partial charge is 0.168 e. The van der Waals surface area contributed by atoms with Crippen LogP contribution in [0.2, 0.25) is 0 Å². The molecule has 29 heavy (non-hydrogen) atoms. The van der Waals surface area contributed by atoms with Crippen molar-refractivity contribution in [2.24, 2.45) is 5.92 Å². The number of anilines is 1. The van der Waals surface area contributed by atoms with Gasteiger partial charge in [-0.05, 0) is 42.4 Å². The van der Waals surface area contributed by atoms with E-state index in [0.717, 1.165) is 24.8 Å². The van der Waals surface area contributed by atoms with Crippen LogP contribution in [0.4, 0.5) is 5.69 Å². The molecular weight excluding hydrogens is 354 g/mol. The summed E-state index contributed by atoms with van der Waals surface area (Å²) in [4.78, 5) is 13.8. The molecule has 3 aliphatic rings. The number of carbonyl (C=O) groups is 1. The third kappa shape index (κ3) is 2.09. The molecule has 2 fully saturated rings. The van der Waals surface area contributed by atoms with Crippen LogP contribution >= 0.6 is 0 Å². The standard InChI is InChI=1S/C27H25NO/c29-25(20-12-5-2-6-13-20)23-18-22(19-10-3-1-4-11-19)26-16-9-17-27(23,26)28-24-15-8-7-14-21(24)26/h1-8,10-15,22-23,28H,9,16-18H2/t22-,23+,26-,27+/m0/s1. The van der Waals surface area contributed by atoms with Gasteiger partial charge in [-0.25, -0.2) is 0 Å². The quantitative estimate of drug-likeness (QED) is 0.569. The van der Waals surface area contributed by atoms with E-state index in [0.29, 0.717) is 11.7 Å². The SMILES string of the molecule is O=C(c1ccccc1)[C@H]1C[C@@H](c2ccccc2)[C@@]23CCC[C@@]12Nc1ccccc13. The van der Waals surface area contributed by atoms with Gasteiger partial charge in [0.2, 0.25) is 0 Å². The summed E-state index contributed by atoms with van der Waals surface area (Å²) in [6.45, 7) is 0. The first-order valence-electron chi connectivity index (χ1n) is 10.8. The highest BCUT2D eigenvalue weighted by molar-refractivity contribution is 6.00. The zero-order valence-electron chi connectivity index (χ0n) is 16.5. The molecule has 6 rings (SSSR count). The summed E-state index contributed by atoms with van der Waals surface area (Å²) >= 11 is 0. The van der Waals surface area contributed by atoms with E-state index in [4.69, 9.17) is 0 Å². The van der Waals surface area contributed by atoms with E-state index in [2.05, 4.69) is 59.9 Å². The minimum atomic E-state index is -0.176. The molecule has 0 saturated heterocycles. The number of ketones is 1. The summed E-state index contributed by atoms with van der Waals surface area (Å²) in [6.07, 6.45) is 4.30. The molecule has 0 amide bonds. The van der Waals surface area contributed by atoms with Crippen molar-refractivity contribution in [2.75, 3.05) is 5.32 Å². The van der Waals surface area contributed by atoms with Crippen LogP contribution < -0.4 is 5.32 Å². The Morgan fingerprint density at radius 2 is 1.52 bits per heavy atom. The van der Waals surface area contributed by atoms with Gasteiger partial charge >= 0.3 is 0 Å². The molecule has 1 N–H and O–H groups in total. The largest absolute Gasteiger partial charge is 0.378 e. The second-order valence-corrected chi connectivity index (χ2v) is 8.95. The summed E-state index contributed by atoms with van der Waals surface area (Å²) in [5, 5.41) is 3.94. The van der Waals surface area contributed by atoms with E-state index >= 15 is 0 Å². The van der Waals surface area contributed by atoms with Crippen LogP contribution in [0.15, 0.2) is 84.9 Å². The molecule has 2 nitrogen and oxygen atoms in total. The van der Waals surface area contributed by atoms with E-state index in [1.807, 2.05) is 30.3 Å². The van der Waals surface area contributed by atoms with Crippen LogP contribution in [0.5, 0.6) is 0 Å². The second kappa shape index (κ2) is 6.06. The molecule has 2 saturated carbocycles. The Kier molecular flexibility index (Phi) is 3.56. The van der Waals surface area contributed by atoms with Crippen molar-refractivity contribution in [3.63, 3.8) is 0 Å². The molecule has 2 aliphatic carbocycles. The lowest BCUT2D eigenvalue weighted by atomic mass is 9.64. The van der Waals surface area contributed by atoms with Crippen LogP contribution in [-0.4, -0.2) is 11.3 Å². The number of carbonyl (C=O) groups excluding carboxylic acids is 1. The third-order valence-electron chi connectivity index (χ3n) is 7.94. The molecule has 3 aromatic rings. The van der Waals surface area contributed by atoms with Crippen molar-refractivity contribution in [1.29, 1.82) is 0 Å². The van der Waals surface area contributed by atoms with Gasteiger partial charge in [-0.1, -0.05) is 85.3 Å². The Bertz CT molecular complexity index is 1080. The molecule has 0 spiro atoms. The van der Waals surface area contributed by atoms with Crippen LogP contribution in [0.1, 0.15) is 53.1 Å². The third-order valence-corrected chi connectivity index (χ3v) is 7.94. The van der Waals surface area contributed by atoms with Gasteiger partial charge in [0.25, 0.3) is 0 Å². The fraction of sp³-hybridized carbons (Fsp3) is 0.296. The number of fused-ring (bicyclic) bond motifs is 1. The van der Waals surface area contributed by atoms with Gasteiger partial charge in [0, 0.05) is 22.6 Å². The molecule has 144 valence electrons. The van der Waals surface area contributed by atoms with Crippen LogP contribution in [0.3, 0.4) is 0 Å². The van der Waals surface area contributed by atoms with Gasteiger partial charge in [-0.3, -0.25) is 4.79 Å². The average molecular weight is 380 g/mol. The van der Waals surface area contributed by atoms with E-state index in [1.54, 1.807) is 0 Å². The van der Waals surface area contributed by atoms with E-state index < -0.39 is 0 Å². The normalized spacial score (nSPS) is 31.6. The molecule has 0 bridgehead atoms. The van der Waals surface area contributed by atoms with Crippen molar-refractivity contribution in [3.05, 3.63) is 102 Å². The minimum Gasteiger partial charge on any atom is -0.378 e. The maximum absolute atomic E-state index is 13.8. The average Bonchev–Trinajstić information content (AvgIpc) is 3.36. The van der Waals surface area contributed by atoms with Crippen molar-refractivity contribution < 1.29 is 4.79 Å². The lowest BCUT2D eigenvalue weighted by molar-refractivity contribution is 0.0873. The van der Waals surface area contributed by atoms with E-state index in [1.165, 1.54) is 23.2 Å². The van der Waals surface area contributed by atoms with Gasteiger partial charge in [0.15, 0.2) is 5.78 Å². The highest BCUT2D eigenvalue weighted by Crippen LogP contribution is 2.71. The first-order chi connectivity index (χ1) is 14.3. The molecule has 2 heteroatoms. The Hall–Kier alpha value is -2.87. The molecule has 0 aromatic heterocycles. The van der Waals surface area contributed by atoms with Crippen LogP contribution in [0.25, 0.3) is 0 Å². The van der Waals surface area contributed by atoms with Gasteiger partial charge in [0.05, 0.1) is 5.54 Å². The Morgan fingerprint density at radius 3 is 2.31 bits per heavy atom. The predicted octanol–water partition coefficient (Wildman–Crippen LogP) is 5.96. The molecule has 0 radical (unpaired) electrons. The van der Waals surface area contributed by atoms with Crippen molar-refractivity contribution in [2.45, 2.75) is 42.6 Å². The number of rotatable bonds is 3. The topological polar surface area (TPSA) is 29.1 Å². The molecule has 4 atom stereocenters. The predicted molar refractivity (Wildman–Crippen MR) is 116 cm³/mol. The van der Waals surface area contributed by atoms with Crippen molar-refractivity contribution in [3.8, 4) is 0 Å². The highest BCUT2D eigenvalue weighted by Gasteiger charge is 2.72. The first-order valence-corrected chi connectivity index (χ1v) is 10.8. The lowest BCUT2D eigenvalue weighted by Gasteiger charge is -2.41. The van der Waals surface area contributed by atoms with Gasteiger partial charge in [0.1, 0.15) is 0 Å². The lowest BCUT2D eigenvalue weighted by Crippen LogP contribution is -2.52. The Balaban J connectivity index is 1.56. The molecule has 3 aromatic carbocycles. The van der Waals surface area contributed by atoms with Crippen molar-refractivity contribution in [1.82, 2.24) is 0 Å². The van der Waals surface area contributed by atoms with E-state index in [-0.39, 0.29) is 16.9 Å². The van der Waals surface area contributed by atoms with Gasteiger partial charge < -0.3 is 5.32 Å². The van der Waals surface area contributed by atoms with Crippen LogP contribution in [0, 0.1) is 5.92 Å². The fourth-order valence-electron chi connectivity index (χ4n) is 6.99. The summed E-state index contributed by atoms with van der Waals surface area (Å²) in [5.41, 5.74) is 4.71. The van der Waals surface area contributed by atoms with Crippen molar-refractivity contribution >= 4 is 11.5 Å². The number of nitrogens with one attached hydrogen (secondary N) is 1. The summed E-state index contributed by atoms with van der Waals surface area (Å²) < 4.78 is 0. The molecule has 1 aliphatic heterocycles. The zero-order chi connectivity index (χ0) is 19.5. The summed E-state index contributed by atoms with van der Waals surface area (Å²) in [7, 11) is 0. The maximum atomic E-state index is 13.8. The number of benzene rings is 3. The fourth-order valence-corrected chi connectivity index (χ4v) is 6.99. The van der Waals surface area contributed by atoms with E-state index in [9.17, 15) is 4.79 Å². The number of hydrogen-bond acceptors (Lipinski definition) is 2. The highest BCUT2D eigenvalue weighted by atomic mass is 16.1. The second-order valence-electron chi connectivity index (χ2n) is 8.95. The maximum Gasteiger partial charge on any atom is 0.168 e. The minimum absolute atomic E-state index is 0.0000533. The van der Waals surface area contributed by atoms with Gasteiger partial charge in [-0.2, -0.15) is 0 Å². The molecular formula is C27H25NO. The summed E-state index contributed by atoms with van der Waals surface area (Å²) in [5.74, 6) is 0.653. The van der Waals surface area contributed by atoms with Gasteiger partial charge in [-0.15, -0.1) is 0 Å². The molecule has 1 heterocycles. The number of para-hydroxylation sites is 1. The Morgan fingerprint density at radius 1 is 0.828 bits per heavy atom. The molecule has 0 unspecified atom stereocenters. The monoisotopic (exact) mass is 379 g/mol. The first kappa shape index (κ1) is 17.0. The number of hydrogen-bond donors (Lipinski definition) is 1. The zero-order valence-corrected chi connectivity index (χ0v) is 16.5. The summed E-state index contributed by atoms with van der Waals surface area (Å²) in [6, 6.07) is 29.6. The number of Topliss-reactive ketones (excluding diaryl/α,β-unsaturated/α-hetero) is 1. The van der Waals surface area contributed by atoms with Crippen LogP contribution in [-0.2, 0) is 5.41 Å². The Labute approximate surface area is 172 Å².